The van der Waals surface area contributed by atoms with Gasteiger partial charge in [-0.25, -0.2) is 4.79 Å². The molecule has 0 bridgehead atoms. The van der Waals surface area contributed by atoms with Crippen LogP contribution in [0.25, 0.3) is 0 Å². The molecule has 0 unspecified atom stereocenters. The minimum absolute atomic E-state index is 0.0633. The minimum Gasteiger partial charge on any atom is -0.334 e. The van der Waals surface area contributed by atoms with Crippen LogP contribution in [-0.4, -0.2) is 24.5 Å². The maximum atomic E-state index is 12.4. The molecule has 0 aromatic heterocycles. The number of amides is 3. The highest BCUT2D eigenvalue weighted by Gasteiger charge is 2.33. The van der Waals surface area contributed by atoms with Crippen LogP contribution in [-0.2, 0) is 11.3 Å². The smallest absolute Gasteiger partial charge is 0.315 e. The van der Waals surface area contributed by atoms with Crippen LogP contribution in [0.5, 0.6) is 0 Å². The summed E-state index contributed by atoms with van der Waals surface area (Å²) in [6.45, 7) is 3.08. The fourth-order valence-electron chi connectivity index (χ4n) is 2.78. The molecule has 5 nitrogen and oxygen atoms in total. The molecule has 0 aliphatic carbocycles. The van der Waals surface area contributed by atoms with Gasteiger partial charge >= 0.3 is 6.03 Å². The third kappa shape index (κ3) is 3.74. The summed E-state index contributed by atoms with van der Waals surface area (Å²) in [5, 5.41) is 5.57. The number of nitrogens with one attached hydrogen (secondary N) is 2. The highest BCUT2D eigenvalue weighted by atomic mass is 16.2. The predicted molar refractivity (Wildman–Crippen MR) is 93.8 cm³/mol. The van der Waals surface area contributed by atoms with Crippen molar-refractivity contribution in [2.24, 2.45) is 0 Å². The van der Waals surface area contributed by atoms with Gasteiger partial charge in [0.15, 0.2) is 0 Å². The average Bonchev–Trinajstić information content (AvgIpc) is 2.96. The fraction of sp³-hybridized carbons (Fsp3) is 0.263. The Hall–Kier alpha value is -2.82. The molecule has 2 aromatic carbocycles. The standard InChI is InChI=1S/C19H21N3O2/c1-14-7-9-15(10-8-14)13-20-19(24)21-17-11-12-22(18(17)23)16-5-3-2-4-6-16/h2-10,17H,11-13H2,1H3,(H2,20,21,24)/t17-/m0/s1. The van der Waals surface area contributed by atoms with Gasteiger partial charge < -0.3 is 15.5 Å². The Labute approximate surface area is 141 Å². The Morgan fingerprint density at radius 1 is 1.12 bits per heavy atom. The molecule has 1 aliphatic heterocycles. The highest BCUT2D eigenvalue weighted by molar-refractivity contribution is 6.01. The molecular weight excluding hydrogens is 302 g/mol. The Bertz CT molecular complexity index is 713. The molecule has 3 rings (SSSR count). The van der Waals surface area contributed by atoms with E-state index in [0.29, 0.717) is 19.5 Å². The fourth-order valence-corrected chi connectivity index (χ4v) is 2.78. The molecule has 1 fully saturated rings. The van der Waals surface area contributed by atoms with E-state index in [1.54, 1.807) is 4.90 Å². The van der Waals surface area contributed by atoms with E-state index in [1.807, 2.05) is 61.5 Å². The van der Waals surface area contributed by atoms with Crippen LogP contribution in [0.3, 0.4) is 0 Å². The zero-order valence-electron chi connectivity index (χ0n) is 13.7. The van der Waals surface area contributed by atoms with E-state index in [0.717, 1.165) is 11.3 Å². The maximum absolute atomic E-state index is 12.4. The van der Waals surface area contributed by atoms with Gasteiger partial charge in [-0.1, -0.05) is 48.0 Å². The number of anilines is 1. The molecule has 24 heavy (non-hydrogen) atoms. The van der Waals surface area contributed by atoms with Crippen LogP contribution in [0.2, 0.25) is 0 Å². The monoisotopic (exact) mass is 323 g/mol. The van der Waals surface area contributed by atoms with Gasteiger partial charge in [0.2, 0.25) is 5.91 Å². The van der Waals surface area contributed by atoms with Gasteiger partial charge in [0.05, 0.1) is 0 Å². The zero-order chi connectivity index (χ0) is 16.9. The lowest BCUT2D eigenvalue weighted by Gasteiger charge is -2.17. The number of aryl methyl sites for hydroxylation is 1. The van der Waals surface area contributed by atoms with Gasteiger partial charge in [-0.15, -0.1) is 0 Å². The van der Waals surface area contributed by atoms with Crippen LogP contribution in [0.1, 0.15) is 17.5 Å². The van der Waals surface area contributed by atoms with Crippen molar-refractivity contribution in [1.82, 2.24) is 10.6 Å². The molecule has 0 radical (unpaired) electrons. The molecule has 5 heteroatoms. The van der Waals surface area contributed by atoms with E-state index in [9.17, 15) is 9.59 Å². The second-order valence-electron chi connectivity index (χ2n) is 5.98. The summed E-state index contributed by atoms with van der Waals surface area (Å²) in [5.41, 5.74) is 3.08. The first-order valence-electron chi connectivity index (χ1n) is 8.10. The first-order chi connectivity index (χ1) is 11.6. The van der Waals surface area contributed by atoms with E-state index in [1.165, 1.54) is 5.56 Å². The third-order valence-electron chi connectivity index (χ3n) is 4.15. The zero-order valence-corrected chi connectivity index (χ0v) is 13.7. The molecule has 1 saturated heterocycles. The Balaban J connectivity index is 1.52. The molecule has 1 atom stereocenters. The Morgan fingerprint density at radius 3 is 2.54 bits per heavy atom. The minimum atomic E-state index is -0.469. The summed E-state index contributed by atoms with van der Waals surface area (Å²) in [7, 11) is 0. The second-order valence-corrected chi connectivity index (χ2v) is 5.98. The molecule has 0 saturated carbocycles. The number of urea groups is 1. The number of carbonyl (C=O) groups excluding carboxylic acids is 2. The van der Waals surface area contributed by atoms with Crippen LogP contribution >= 0.6 is 0 Å². The van der Waals surface area contributed by atoms with Gasteiger partial charge in [-0.05, 0) is 31.0 Å². The van der Waals surface area contributed by atoms with E-state index in [4.69, 9.17) is 0 Å². The average molecular weight is 323 g/mol. The number of hydrogen-bond acceptors (Lipinski definition) is 2. The van der Waals surface area contributed by atoms with E-state index >= 15 is 0 Å². The van der Waals surface area contributed by atoms with Crippen LogP contribution in [0.15, 0.2) is 54.6 Å². The van der Waals surface area contributed by atoms with Crippen LogP contribution < -0.4 is 15.5 Å². The van der Waals surface area contributed by atoms with E-state index in [2.05, 4.69) is 10.6 Å². The van der Waals surface area contributed by atoms with Crippen LogP contribution in [0, 0.1) is 6.92 Å². The lowest BCUT2D eigenvalue weighted by molar-refractivity contribution is -0.118. The number of rotatable bonds is 4. The summed E-state index contributed by atoms with van der Waals surface area (Å²) in [4.78, 5) is 26.2. The van der Waals surface area contributed by atoms with Gasteiger partial charge in [0, 0.05) is 18.8 Å². The Morgan fingerprint density at radius 2 is 1.83 bits per heavy atom. The van der Waals surface area contributed by atoms with Crippen molar-refractivity contribution in [2.75, 3.05) is 11.4 Å². The summed E-state index contributed by atoms with van der Waals surface area (Å²) >= 11 is 0. The molecule has 1 aliphatic rings. The van der Waals surface area contributed by atoms with Crippen molar-refractivity contribution in [1.29, 1.82) is 0 Å². The van der Waals surface area contributed by atoms with E-state index in [-0.39, 0.29) is 11.9 Å². The molecule has 2 N–H and O–H groups in total. The normalized spacial score (nSPS) is 17.0. The topological polar surface area (TPSA) is 61.4 Å². The molecular formula is C19H21N3O2. The first kappa shape index (κ1) is 16.1. The molecule has 3 amide bonds. The number of hydrogen-bond donors (Lipinski definition) is 2. The summed E-state index contributed by atoms with van der Waals surface area (Å²) in [5.74, 6) is -0.0633. The largest absolute Gasteiger partial charge is 0.334 e. The quantitative estimate of drug-likeness (QED) is 0.908. The van der Waals surface area contributed by atoms with Gasteiger partial charge in [-0.2, -0.15) is 0 Å². The molecule has 2 aromatic rings. The van der Waals surface area contributed by atoms with Crippen molar-refractivity contribution in [3.63, 3.8) is 0 Å². The third-order valence-corrected chi connectivity index (χ3v) is 4.15. The first-order valence-corrected chi connectivity index (χ1v) is 8.10. The van der Waals surface area contributed by atoms with Crippen molar-refractivity contribution in [3.05, 3.63) is 65.7 Å². The Kier molecular flexibility index (Phi) is 4.79. The highest BCUT2D eigenvalue weighted by Crippen LogP contribution is 2.20. The van der Waals surface area contributed by atoms with Crippen molar-refractivity contribution in [3.8, 4) is 0 Å². The van der Waals surface area contributed by atoms with Crippen molar-refractivity contribution < 1.29 is 9.59 Å². The molecule has 1 heterocycles. The predicted octanol–water partition coefficient (Wildman–Crippen LogP) is 2.60. The number of carbonyl (C=O) groups is 2. The summed E-state index contributed by atoms with van der Waals surface area (Å²) in [6.07, 6.45) is 0.617. The number of benzene rings is 2. The van der Waals surface area contributed by atoms with Gasteiger partial charge in [-0.3, -0.25) is 4.79 Å². The molecule has 0 spiro atoms. The van der Waals surface area contributed by atoms with Gasteiger partial charge in [0.25, 0.3) is 0 Å². The van der Waals surface area contributed by atoms with Crippen molar-refractivity contribution in [2.45, 2.75) is 25.9 Å². The lowest BCUT2D eigenvalue weighted by atomic mass is 10.1. The SMILES string of the molecule is Cc1ccc(CNC(=O)N[C@H]2CCN(c3ccccc3)C2=O)cc1. The summed E-state index contributed by atoms with van der Waals surface area (Å²) in [6, 6.07) is 16.7. The summed E-state index contributed by atoms with van der Waals surface area (Å²) < 4.78 is 0. The van der Waals surface area contributed by atoms with E-state index < -0.39 is 6.04 Å². The van der Waals surface area contributed by atoms with Crippen LogP contribution in [0.4, 0.5) is 10.5 Å². The lowest BCUT2D eigenvalue weighted by Crippen LogP contribution is -2.45. The second kappa shape index (κ2) is 7.17. The maximum Gasteiger partial charge on any atom is 0.315 e. The molecule has 124 valence electrons. The number of para-hydroxylation sites is 1. The van der Waals surface area contributed by atoms with Gasteiger partial charge in [0.1, 0.15) is 6.04 Å². The van der Waals surface area contributed by atoms with Crippen molar-refractivity contribution >= 4 is 17.6 Å². The number of nitrogens with zero attached hydrogens (tertiary/aromatic N) is 1.